The summed E-state index contributed by atoms with van der Waals surface area (Å²) in [5, 5.41) is 11.1. The minimum atomic E-state index is -0.531. The molecular formula is C22H33BrO. The van der Waals surface area contributed by atoms with E-state index in [4.69, 9.17) is 0 Å². The highest BCUT2D eigenvalue weighted by molar-refractivity contribution is 9.09. The van der Waals surface area contributed by atoms with Crippen LogP contribution in [-0.2, 0) is 6.42 Å². The van der Waals surface area contributed by atoms with Gasteiger partial charge in [-0.25, -0.2) is 0 Å². The van der Waals surface area contributed by atoms with Gasteiger partial charge in [-0.3, -0.25) is 0 Å². The molecule has 0 spiro atoms. The molecule has 1 nitrogen and oxygen atoms in total. The Morgan fingerprint density at radius 3 is 1.92 bits per heavy atom. The summed E-state index contributed by atoms with van der Waals surface area (Å²) in [4.78, 5) is 0. The van der Waals surface area contributed by atoms with E-state index >= 15 is 0 Å². The van der Waals surface area contributed by atoms with Gasteiger partial charge in [0, 0.05) is 18.2 Å². The molecule has 2 heteroatoms. The van der Waals surface area contributed by atoms with E-state index in [0.717, 1.165) is 23.7 Å². The first-order valence-electron chi connectivity index (χ1n) is 9.59. The molecule has 24 heavy (non-hydrogen) atoms. The molecular weight excluding hydrogens is 360 g/mol. The van der Waals surface area contributed by atoms with E-state index in [1.54, 1.807) is 0 Å². The van der Waals surface area contributed by atoms with Crippen LogP contribution in [-0.4, -0.2) is 16.5 Å². The third-order valence-corrected chi connectivity index (χ3v) is 4.79. The van der Waals surface area contributed by atoms with Gasteiger partial charge in [-0.05, 0) is 18.4 Å². The highest BCUT2D eigenvalue weighted by atomic mass is 79.9. The number of hydrogen-bond donors (Lipinski definition) is 1. The average Bonchev–Trinajstić information content (AvgIpc) is 2.60. The van der Waals surface area contributed by atoms with Gasteiger partial charge < -0.3 is 5.11 Å². The van der Waals surface area contributed by atoms with Crippen LogP contribution >= 0.6 is 15.9 Å². The SMILES string of the molecule is O[C@H](C#CCCCCCCCCCCCCBr)Cc1ccccc1. The molecule has 0 fully saturated rings. The number of aliphatic hydroxyl groups is 1. The maximum Gasteiger partial charge on any atom is 0.118 e. The first-order valence-corrected chi connectivity index (χ1v) is 10.7. The Labute approximate surface area is 157 Å². The van der Waals surface area contributed by atoms with Gasteiger partial charge in [-0.1, -0.05) is 104 Å². The van der Waals surface area contributed by atoms with Crippen LogP contribution in [0.2, 0.25) is 0 Å². The van der Waals surface area contributed by atoms with Crippen LogP contribution < -0.4 is 0 Å². The summed E-state index contributed by atoms with van der Waals surface area (Å²) < 4.78 is 0. The second kappa shape index (κ2) is 15.7. The second-order valence-electron chi connectivity index (χ2n) is 6.50. The van der Waals surface area contributed by atoms with Crippen molar-refractivity contribution >= 4 is 15.9 Å². The van der Waals surface area contributed by atoms with Crippen LogP contribution in [0.1, 0.15) is 76.2 Å². The fourth-order valence-corrected chi connectivity index (χ4v) is 3.20. The van der Waals surface area contributed by atoms with Crippen molar-refractivity contribution in [2.24, 2.45) is 0 Å². The van der Waals surface area contributed by atoms with Crippen molar-refractivity contribution in [3.8, 4) is 11.8 Å². The third-order valence-electron chi connectivity index (χ3n) is 4.23. The normalized spacial score (nSPS) is 11.8. The van der Waals surface area contributed by atoms with Gasteiger partial charge >= 0.3 is 0 Å². The molecule has 1 aromatic rings. The first kappa shape index (κ1) is 21.3. The molecule has 0 aliphatic heterocycles. The molecule has 1 N–H and O–H groups in total. The van der Waals surface area contributed by atoms with E-state index in [0.29, 0.717) is 6.42 Å². The fourth-order valence-electron chi connectivity index (χ4n) is 2.80. The first-order chi connectivity index (χ1) is 11.8. The van der Waals surface area contributed by atoms with Crippen molar-refractivity contribution in [1.82, 2.24) is 0 Å². The smallest absolute Gasteiger partial charge is 0.118 e. The van der Waals surface area contributed by atoms with E-state index in [1.165, 1.54) is 57.8 Å². The molecule has 0 aliphatic carbocycles. The molecule has 134 valence electrons. The highest BCUT2D eigenvalue weighted by Crippen LogP contribution is 2.11. The van der Waals surface area contributed by atoms with Gasteiger partial charge in [0.1, 0.15) is 6.10 Å². The van der Waals surface area contributed by atoms with Gasteiger partial charge in [0.25, 0.3) is 0 Å². The Hall–Kier alpha value is -0.780. The summed E-state index contributed by atoms with van der Waals surface area (Å²) in [6, 6.07) is 10.1. The van der Waals surface area contributed by atoms with Crippen LogP contribution in [0, 0.1) is 11.8 Å². The maximum atomic E-state index is 9.90. The monoisotopic (exact) mass is 392 g/mol. The van der Waals surface area contributed by atoms with Crippen molar-refractivity contribution in [3.05, 3.63) is 35.9 Å². The summed E-state index contributed by atoms with van der Waals surface area (Å²) in [7, 11) is 0. The molecule has 0 heterocycles. The van der Waals surface area contributed by atoms with Crippen LogP contribution in [0.15, 0.2) is 30.3 Å². The Kier molecular flexibility index (Phi) is 13.9. The molecule has 0 amide bonds. The topological polar surface area (TPSA) is 20.2 Å². The van der Waals surface area contributed by atoms with Crippen LogP contribution in [0.5, 0.6) is 0 Å². The molecule has 0 saturated heterocycles. The van der Waals surface area contributed by atoms with Crippen molar-refractivity contribution in [2.75, 3.05) is 5.33 Å². The van der Waals surface area contributed by atoms with Crippen LogP contribution in [0.25, 0.3) is 0 Å². The lowest BCUT2D eigenvalue weighted by Gasteiger charge is -2.03. The molecule has 0 aromatic heterocycles. The Balaban J connectivity index is 1.90. The summed E-state index contributed by atoms with van der Waals surface area (Å²) in [6.07, 6.45) is 14.4. The zero-order chi connectivity index (χ0) is 17.3. The molecule has 0 radical (unpaired) electrons. The molecule has 0 aliphatic rings. The number of alkyl halides is 1. The van der Waals surface area contributed by atoms with Gasteiger partial charge in [0.15, 0.2) is 0 Å². The van der Waals surface area contributed by atoms with E-state index < -0.39 is 6.10 Å². The lowest BCUT2D eigenvalue weighted by molar-refractivity contribution is 0.233. The lowest BCUT2D eigenvalue weighted by atomic mass is 10.1. The quantitative estimate of drug-likeness (QED) is 0.238. The summed E-state index contributed by atoms with van der Waals surface area (Å²) in [6.45, 7) is 0. The molecule has 1 aromatic carbocycles. The number of unbranched alkanes of at least 4 members (excludes halogenated alkanes) is 10. The number of halogens is 1. The minimum absolute atomic E-state index is 0.531. The van der Waals surface area contributed by atoms with Crippen molar-refractivity contribution in [1.29, 1.82) is 0 Å². The zero-order valence-corrected chi connectivity index (χ0v) is 16.6. The largest absolute Gasteiger partial charge is 0.380 e. The van der Waals surface area contributed by atoms with Gasteiger partial charge in [0.05, 0.1) is 0 Å². The molecule has 1 rings (SSSR count). The van der Waals surface area contributed by atoms with E-state index in [-0.39, 0.29) is 0 Å². The highest BCUT2D eigenvalue weighted by Gasteiger charge is 2.00. The Morgan fingerprint density at radius 1 is 0.792 bits per heavy atom. The number of aliphatic hydroxyl groups excluding tert-OH is 1. The summed E-state index contributed by atoms with van der Waals surface area (Å²) in [5.74, 6) is 6.10. The lowest BCUT2D eigenvalue weighted by Crippen LogP contribution is -2.06. The van der Waals surface area contributed by atoms with Gasteiger partial charge in [-0.2, -0.15) is 0 Å². The van der Waals surface area contributed by atoms with E-state index in [1.807, 2.05) is 30.3 Å². The zero-order valence-electron chi connectivity index (χ0n) is 15.0. The minimum Gasteiger partial charge on any atom is -0.380 e. The Morgan fingerprint density at radius 2 is 1.33 bits per heavy atom. The Bertz CT molecular complexity index is 446. The van der Waals surface area contributed by atoms with E-state index in [2.05, 4.69) is 27.8 Å². The van der Waals surface area contributed by atoms with Crippen LogP contribution in [0.4, 0.5) is 0 Å². The number of hydrogen-bond acceptors (Lipinski definition) is 1. The molecule has 0 saturated carbocycles. The van der Waals surface area contributed by atoms with Crippen molar-refractivity contribution in [2.45, 2.75) is 83.2 Å². The predicted molar refractivity (Wildman–Crippen MR) is 109 cm³/mol. The standard InChI is InChI=1S/C22H33BrO/c23-19-15-10-8-6-4-2-1-3-5-7-9-14-18-22(24)20-21-16-12-11-13-17-21/h11-13,16-17,22,24H,1-10,15,19-20H2/t22-/m1/s1. The summed E-state index contributed by atoms with van der Waals surface area (Å²) in [5.41, 5.74) is 1.14. The summed E-state index contributed by atoms with van der Waals surface area (Å²) >= 11 is 3.48. The van der Waals surface area contributed by atoms with Gasteiger partial charge in [-0.15, -0.1) is 5.92 Å². The number of rotatable bonds is 13. The molecule has 0 unspecified atom stereocenters. The van der Waals surface area contributed by atoms with Crippen molar-refractivity contribution in [3.63, 3.8) is 0 Å². The van der Waals surface area contributed by atoms with E-state index in [9.17, 15) is 5.11 Å². The fraction of sp³-hybridized carbons (Fsp3) is 0.636. The predicted octanol–water partition coefficient (Wildman–Crippen LogP) is 6.28. The van der Waals surface area contributed by atoms with Gasteiger partial charge in [0.2, 0.25) is 0 Å². The second-order valence-corrected chi connectivity index (χ2v) is 7.29. The van der Waals surface area contributed by atoms with Crippen molar-refractivity contribution < 1.29 is 5.11 Å². The third kappa shape index (κ3) is 12.6. The average molecular weight is 393 g/mol. The van der Waals surface area contributed by atoms with Crippen LogP contribution in [0.3, 0.4) is 0 Å². The number of benzene rings is 1. The molecule has 1 atom stereocenters. The molecule has 0 bridgehead atoms. The maximum absolute atomic E-state index is 9.90.